The minimum absolute atomic E-state index is 0.210. The number of hydrogen-bond donors (Lipinski definition) is 0. The van der Waals surface area contributed by atoms with Gasteiger partial charge in [-0.15, -0.1) is 0 Å². The fourth-order valence-electron chi connectivity index (χ4n) is 9.92. The molecule has 250 valence electrons. The summed E-state index contributed by atoms with van der Waals surface area (Å²) in [5.74, 6) is 0.375. The number of pyridine rings is 1. The molecule has 2 nitrogen and oxygen atoms in total. The van der Waals surface area contributed by atoms with E-state index >= 15 is 0 Å². The van der Waals surface area contributed by atoms with Crippen molar-refractivity contribution < 1.29 is 0 Å². The van der Waals surface area contributed by atoms with E-state index in [1.165, 1.54) is 93.5 Å². The topological polar surface area (TPSA) is 17.2 Å². The molecule has 2 heteroatoms. The average molecular weight is 677 g/mol. The molecular formula is C51H36N2. The molecule has 0 radical (unpaired) electrons. The molecule has 11 rings (SSSR count). The van der Waals surface area contributed by atoms with E-state index in [0.717, 1.165) is 30.7 Å². The lowest BCUT2D eigenvalue weighted by Crippen LogP contribution is -2.15. The molecule has 0 spiro atoms. The van der Waals surface area contributed by atoms with E-state index in [1.54, 1.807) is 0 Å². The number of allylic oxidation sites excluding steroid dienone is 6. The molecule has 0 saturated carbocycles. The maximum absolute atomic E-state index is 7.66. The first-order valence-electron chi connectivity index (χ1n) is 18.8. The lowest BCUT2D eigenvalue weighted by Gasteiger charge is -2.28. The van der Waals surface area contributed by atoms with Gasteiger partial charge in [-0.05, 0) is 114 Å². The first-order chi connectivity index (χ1) is 26.0. The Morgan fingerprint density at radius 1 is 0.736 bits per heavy atom. The van der Waals surface area contributed by atoms with Gasteiger partial charge in [-0.25, -0.2) is 9.83 Å². The maximum Gasteiger partial charge on any atom is 0.187 e. The molecule has 1 atom stereocenters. The number of benzene rings is 6. The predicted octanol–water partition coefficient (Wildman–Crippen LogP) is 13.4. The molecule has 4 aliphatic rings. The van der Waals surface area contributed by atoms with Crippen LogP contribution in [0.15, 0.2) is 133 Å². The molecular weight excluding hydrogens is 641 g/mol. The Labute approximate surface area is 310 Å². The first kappa shape index (κ1) is 30.3. The van der Waals surface area contributed by atoms with Crippen molar-refractivity contribution in [2.24, 2.45) is 5.92 Å². The van der Waals surface area contributed by atoms with E-state index < -0.39 is 0 Å². The van der Waals surface area contributed by atoms with Gasteiger partial charge in [0.25, 0.3) is 0 Å². The lowest BCUT2D eigenvalue weighted by molar-refractivity contribution is 0.661. The van der Waals surface area contributed by atoms with Crippen molar-refractivity contribution in [1.82, 2.24) is 4.98 Å². The van der Waals surface area contributed by atoms with Gasteiger partial charge < -0.3 is 0 Å². The molecule has 1 heterocycles. The molecule has 7 aromatic rings. The average Bonchev–Trinajstić information content (AvgIpc) is 3.43. The van der Waals surface area contributed by atoms with Crippen molar-refractivity contribution in [2.75, 3.05) is 0 Å². The van der Waals surface area contributed by atoms with E-state index in [2.05, 4.69) is 152 Å². The summed E-state index contributed by atoms with van der Waals surface area (Å²) >= 11 is 0. The van der Waals surface area contributed by atoms with Crippen molar-refractivity contribution in [1.29, 1.82) is 0 Å². The zero-order valence-corrected chi connectivity index (χ0v) is 29.9. The van der Waals surface area contributed by atoms with Crippen LogP contribution in [0.25, 0.3) is 82.8 Å². The van der Waals surface area contributed by atoms with Crippen LogP contribution in [0.2, 0.25) is 0 Å². The molecule has 0 aliphatic heterocycles. The van der Waals surface area contributed by atoms with Crippen LogP contribution in [-0.4, -0.2) is 4.98 Å². The monoisotopic (exact) mass is 676 g/mol. The molecule has 1 aromatic heterocycles. The third-order valence-corrected chi connectivity index (χ3v) is 12.4. The van der Waals surface area contributed by atoms with Gasteiger partial charge in [0, 0.05) is 22.3 Å². The van der Waals surface area contributed by atoms with Crippen LogP contribution in [0.5, 0.6) is 0 Å². The zero-order chi connectivity index (χ0) is 35.4. The quantitative estimate of drug-likeness (QED) is 0.132. The Morgan fingerprint density at radius 3 is 2.36 bits per heavy atom. The number of hydrogen-bond acceptors (Lipinski definition) is 1. The molecule has 0 saturated heterocycles. The summed E-state index contributed by atoms with van der Waals surface area (Å²) in [6.07, 6.45) is 19.0. The van der Waals surface area contributed by atoms with Gasteiger partial charge in [0.1, 0.15) is 0 Å². The Morgan fingerprint density at radius 2 is 1.51 bits per heavy atom. The number of rotatable bonds is 2. The van der Waals surface area contributed by atoms with Crippen LogP contribution in [0.3, 0.4) is 0 Å². The van der Waals surface area contributed by atoms with Gasteiger partial charge in [0.15, 0.2) is 5.69 Å². The zero-order valence-electron chi connectivity index (χ0n) is 29.9. The van der Waals surface area contributed by atoms with Crippen LogP contribution in [0, 0.1) is 12.5 Å². The fraction of sp³-hybridized carbons (Fsp3) is 0.137. The number of nitrogens with zero attached hydrogens (tertiary/aromatic N) is 2. The van der Waals surface area contributed by atoms with E-state index in [1.807, 2.05) is 6.07 Å². The summed E-state index contributed by atoms with van der Waals surface area (Å²) in [5, 5.41) is 7.66. The molecule has 53 heavy (non-hydrogen) atoms. The summed E-state index contributed by atoms with van der Waals surface area (Å²) in [6.45, 7) is 12.3. The Balaban J connectivity index is 1.20. The minimum Gasteiger partial charge on any atom is -0.247 e. The van der Waals surface area contributed by atoms with Crippen LogP contribution >= 0.6 is 0 Å². The van der Waals surface area contributed by atoms with Crippen LogP contribution < -0.4 is 0 Å². The Kier molecular flexibility index (Phi) is 6.35. The van der Waals surface area contributed by atoms with Crippen LogP contribution in [-0.2, 0) is 18.3 Å². The van der Waals surface area contributed by atoms with Gasteiger partial charge in [0.2, 0.25) is 0 Å². The van der Waals surface area contributed by atoms with Crippen molar-refractivity contribution >= 4 is 50.2 Å². The van der Waals surface area contributed by atoms with Gasteiger partial charge in [-0.1, -0.05) is 141 Å². The van der Waals surface area contributed by atoms with E-state index in [4.69, 9.17) is 11.6 Å². The molecule has 0 fully saturated rings. The molecule has 0 N–H and O–H groups in total. The standard InChI is InChI=1S/C51H36N2/c1-51(2)44-27-33(21-23-36(44)37-25-22-34(52-3)29-45(37)51)47-38-16-8-10-18-40(38)49(41-19-11-9-17-39(41)47)50-42-24-20-30-12-6-7-15-35(30)48(42)43-26-31-13-4-5-14-32(31)28-46(43)53-50/h4-10,12-18,20-25,27-29,31H,11,19,26H2,1-2H3. The van der Waals surface area contributed by atoms with Crippen molar-refractivity contribution in [3.63, 3.8) is 0 Å². The van der Waals surface area contributed by atoms with Crippen molar-refractivity contribution in [2.45, 2.75) is 38.5 Å². The van der Waals surface area contributed by atoms with E-state index in [0.29, 0.717) is 11.6 Å². The molecule has 6 aromatic carbocycles. The van der Waals surface area contributed by atoms with Gasteiger partial charge in [-0.2, -0.15) is 0 Å². The third-order valence-electron chi connectivity index (χ3n) is 12.4. The predicted molar refractivity (Wildman–Crippen MR) is 222 cm³/mol. The smallest absolute Gasteiger partial charge is 0.187 e. The molecule has 1 unspecified atom stereocenters. The van der Waals surface area contributed by atoms with E-state index in [-0.39, 0.29) is 5.41 Å². The van der Waals surface area contributed by atoms with Crippen LogP contribution in [0.4, 0.5) is 5.69 Å². The second-order valence-electron chi connectivity index (χ2n) is 15.6. The second kappa shape index (κ2) is 11.1. The third kappa shape index (κ3) is 4.29. The summed E-state index contributed by atoms with van der Waals surface area (Å²) in [7, 11) is 0. The molecule has 4 aliphatic carbocycles. The maximum atomic E-state index is 7.66. The normalized spacial score (nSPS) is 17.2. The van der Waals surface area contributed by atoms with Crippen molar-refractivity contribution in [3.8, 4) is 33.5 Å². The highest BCUT2D eigenvalue weighted by Crippen LogP contribution is 2.53. The minimum atomic E-state index is -0.210. The van der Waals surface area contributed by atoms with Crippen LogP contribution in [0.1, 0.15) is 53.8 Å². The largest absolute Gasteiger partial charge is 0.247 e. The summed E-state index contributed by atoms with van der Waals surface area (Å²) in [4.78, 5) is 9.45. The van der Waals surface area contributed by atoms with Crippen molar-refractivity contribution in [3.05, 3.63) is 178 Å². The van der Waals surface area contributed by atoms with Gasteiger partial charge >= 0.3 is 0 Å². The number of fused-ring (bicyclic) bond motifs is 11. The highest BCUT2D eigenvalue weighted by atomic mass is 14.7. The summed E-state index contributed by atoms with van der Waals surface area (Å²) < 4.78 is 0. The summed E-state index contributed by atoms with van der Waals surface area (Å²) in [5.41, 5.74) is 16.9. The Bertz CT molecular complexity index is 2960. The fourth-order valence-corrected chi connectivity index (χ4v) is 9.92. The molecule has 0 amide bonds. The van der Waals surface area contributed by atoms with Gasteiger partial charge in [-0.3, -0.25) is 0 Å². The SMILES string of the molecule is [C-]#[N+]c1ccc2c(c1)C(C)(C)c1cc(-c3c4c(c(-c5nc6c(c7c5ccc5ccccc57)CC5C=CC=CC5=C6)c5ccccc35)CCC=C4)ccc1-2. The van der Waals surface area contributed by atoms with E-state index in [9.17, 15) is 0 Å². The summed E-state index contributed by atoms with van der Waals surface area (Å²) in [6, 6.07) is 35.8. The number of aromatic nitrogens is 1. The first-order valence-corrected chi connectivity index (χ1v) is 18.8. The molecule has 0 bridgehead atoms. The highest BCUT2D eigenvalue weighted by molar-refractivity contribution is 6.18. The Hall–Kier alpha value is -6.30. The second-order valence-corrected chi connectivity index (χ2v) is 15.6. The lowest BCUT2D eigenvalue weighted by atomic mass is 9.77. The van der Waals surface area contributed by atoms with Gasteiger partial charge in [0.05, 0.1) is 18.0 Å². The highest BCUT2D eigenvalue weighted by Gasteiger charge is 2.36.